The van der Waals surface area contributed by atoms with Crippen LogP contribution < -0.4 is 5.32 Å². The Balaban J connectivity index is 2.18. The Morgan fingerprint density at radius 3 is 1.20 bits per heavy atom. The summed E-state index contributed by atoms with van der Waals surface area (Å²) in [5, 5.41) is 54.7. The van der Waals surface area contributed by atoms with Crippen LogP contribution in [0.25, 0.3) is 0 Å². The molecule has 464 valence electrons. The molecule has 0 bridgehead atoms. The lowest BCUT2D eigenvalue weighted by Crippen LogP contribution is -2.60. The van der Waals surface area contributed by atoms with E-state index in [0.717, 1.165) is 83.5 Å². The summed E-state index contributed by atoms with van der Waals surface area (Å²) in [4.78, 5) is 13.1. The second kappa shape index (κ2) is 59.5. The standard InChI is InChI=1S/C71H127NO8/c1-3-5-7-9-11-13-15-17-19-21-23-25-27-29-30-31-32-33-34-35-37-38-40-42-44-46-48-50-52-54-56-58-60-65(74)64(63-79-71-70(78)69(77)68(76)66(62-73)80-71)72-67(75)61-59-57-55-53-51-49-47-45-43-41-39-36-28-26-24-22-20-18-16-14-12-10-8-6-4-2/h6,8,12,14,18,20,24,26,36,39,50,52,58,60,64-66,68-71,73-74,76-78H,3-5,7,9-11,13,15-17,19,21-23,25,27-35,37-38,40-49,51,53-57,59,61-63H2,1-2H3,(H,72,75)/b8-6-,14-12-,20-18-,26-24-,39-36-,52-50+,60-58+. The van der Waals surface area contributed by atoms with Crippen LogP contribution in [0.5, 0.6) is 0 Å². The molecule has 1 heterocycles. The van der Waals surface area contributed by atoms with E-state index < -0.39 is 49.5 Å². The number of aliphatic hydroxyl groups is 5. The third-order valence-corrected chi connectivity index (χ3v) is 15.7. The number of hydrogen-bond acceptors (Lipinski definition) is 8. The van der Waals surface area contributed by atoms with Gasteiger partial charge in [-0.1, -0.05) is 304 Å². The van der Waals surface area contributed by atoms with Gasteiger partial charge in [-0.15, -0.1) is 0 Å². The Hall–Kier alpha value is -2.63. The van der Waals surface area contributed by atoms with E-state index in [0.29, 0.717) is 6.42 Å². The summed E-state index contributed by atoms with van der Waals surface area (Å²) < 4.78 is 11.3. The SMILES string of the molecule is CC/C=C\C/C=C\C/C=C\C/C=C\C/C=C\CCCCCCCCCCCC(=O)NC(COC1OC(CO)C(O)C(O)C1O)C(O)/C=C/CC/C=C/CCCCCCCCCCCCCCCCCCCCCCCCCCCC. The third kappa shape index (κ3) is 47.8. The van der Waals surface area contributed by atoms with E-state index in [-0.39, 0.29) is 12.5 Å². The topological polar surface area (TPSA) is 149 Å². The van der Waals surface area contributed by atoms with Crippen LogP contribution in [0.1, 0.15) is 303 Å². The molecule has 80 heavy (non-hydrogen) atoms. The predicted octanol–water partition coefficient (Wildman–Crippen LogP) is 18.1. The van der Waals surface area contributed by atoms with E-state index in [1.165, 1.54) is 199 Å². The van der Waals surface area contributed by atoms with Crippen molar-refractivity contribution in [3.63, 3.8) is 0 Å². The van der Waals surface area contributed by atoms with Gasteiger partial charge in [0.25, 0.3) is 0 Å². The van der Waals surface area contributed by atoms with E-state index in [4.69, 9.17) is 9.47 Å². The van der Waals surface area contributed by atoms with Gasteiger partial charge in [-0.05, 0) is 77.0 Å². The van der Waals surface area contributed by atoms with Gasteiger partial charge in [0, 0.05) is 6.42 Å². The van der Waals surface area contributed by atoms with Crippen LogP contribution in [-0.2, 0) is 14.3 Å². The zero-order valence-electron chi connectivity index (χ0n) is 51.8. The van der Waals surface area contributed by atoms with Crippen molar-refractivity contribution in [2.75, 3.05) is 13.2 Å². The number of aliphatic hydroxyl groups excluding tert-OH is 5. The maximum Gasteiger partial charge on any atom is 0.220 e. The average Bonchev–Trinajstić information content (AvgIpc) is 3.46. The number of rotatable bonds is 58. The molecular weight excluding hydrogens is 995 g/mol. The Morgan fingerprint density at radius 1 is 0.438 bits per heavy atom. The molecule has 7 unspecified atom stereocenters. The molecule has 0 spiro atoms. The van der Waals surface area contributed by atoms with Gasteiger partial charge in [0.15, 0.2) is 6.29 Å². The first kappa shape index (κ1) is 75.4. The fourth-order valence-electron chi connectivity index (χ4n) is 10.4. The zero-order chi connectivity index (χ0) is 57.9. The highest BCUT2D eigenvalue weighted by molar-refractivity contribution is 5.76. The molecule has 0 aromatic heterocycles. The number of amides is 1. The van der Waals surface area contributed by atoms with Crippen LogP contribution in [0.4, 0.5) is 0 Å². The van der Waals surface area contributed by atoms with Crippen molar-refractivity contribution < 1.29 is 39.8 Å². The summed E-state index contributed by atoms with van der Waals surface area (Å²) in [6, 6.07) is -0.832. The third-order valence-electron chi connectivity index (χ3n) is 15.7. The van der Waals surface area contributed by atoms with E-state index in [1.807, 2.05) is 6.08 Å². The van der Waals surface area contributed by atoms with Crippen LogP contribution in [0.15, 0.2) is 85.1 Å². The molecule has 1 saturated heterocycles. The Kier molecular flexibility index (Phi) is 56.1. The highest BCUT2D eigenvalue weighted by Gasteiger charge is 2.44. The normalized spacial score (nSPS) is 19.0. The quantitative estimate of drug-likeness (QED) is 0.0261. The minimum atomic E-state index is -1.58. The lowest BCUT2D eigenvalue weighted by atomic mass is 9.99. The fourth-order valence-corrected chi connectivity index (χ4v) is 10.4. The molecule has 7 atom stereocenters. The summed E-state index contributed by atoms with van der Waals surface area (Å²) >= 11 is 0. The number of carbonyl (C=O) groups excluding carboxylic acids is 1. The van der Waals surface area contributed by atoms with Crippen LogP contribution in [0.3, 0.4) is 0 Å². The van der Waals surface area contributed by atoms with E-state index >= 15 is 0 Å². The molecule has 0 saturated carbocycles. The molecule has 1 amide bonds. The number of nitrogens with one attached hydrogen (secondary N) is 1. The van der Waals surface area contributed by atoms with Crippen molar-refractivity contribution in [3.8, 4) is 0 Å². The number of allylic oxidation sites excluding steroid dienone is 13. The monoisotopic (exact) mass is 1120 g/mol. The van der Waals surface area contributed by atoms with Crippen molar-refractivity contribution in [3.05, 3.63) is 85.1 Å². The summed E-state index contributed by atoms with van der Waals surface area (Å²) in [6.07, 6.45) is 78.3. The smallest absolute Gasteiger partial charge is 0.220 e. The molecule has 1 fully saturated rings. The fraction of sp³-hybridized carbons (Fsp3) is 0.789. The molecule has 0 aliphatic carbocycles. The number of unbranched alkanes of at least 4 members (excludes halogenated alkanes) is 36. The highest BCUT2D eigenvalue weighted by Crippen LogP contribution is 2.23. The first-order valence-corrected chi connectivity index (χ1v) is 33.8. The van der Waals surface area contributed by atoms with Crippen molar-refractivity contribution in [1.82, 2.24) is 5.32 Å². The largest absolute Gasteiger partial charge is 0.394 e. The van der Waals surface area contributed by atoms with Crippen LogP contribution >= 0.6 is 0 Å². The molecule has 9 nitrogen and oxygen atoms in total. The van der Waals surface area contributed by atoms with Gasteiger partial charge in [0.05, 0.1) is 25.4 Å². The Morgan fingerprint density at radius 2 is 0.787 bits per heavy atom. The maximum atomic E-state index is 13.1. The van der Waals surface area contributed by atoms with E-state index in [2.05, 4.69) is 92.1 Å². The van der Waals surface area contributed by atoms with Gasteiger partial charge in [-0.3, -0.25) is 4.79 Å². The predicted molar refractivity (Wildman–Crippen MR) is 341 cm³/mol. The van der Waals surface area contributed by atoms with Crippen LogP contribution in [-0.4, -0.2) is 87.5 Å². The molecule has 1 aliphatic heterocycles. The molecule has 1 rings (SSSR count). The summed E-state index contributed by atoms with van der Waals surface area (Å²) in [7, 11) is 0. The first-order chi connectivity index (χ1) is 39.3. The van der Waals surface area contributed by atoms with Crippen molar-refractivity contribution >= 4 is 5.91 Å². The van der Waals surface area contributed by atoms with E-state index in [1.54, 1.807) is 6.08 Å². The second-order valence-electron chi connectivity index (χ2n) is 23.2. The van der Waals surface area contributed by atoms with Gasteiger partial charge < -0.3 is 40.3 Å². The Labute approximate surface area is 492 Å². The first-order valence-electron chi connectivity index (χ1n) is 33.8. The lowest BCUT2D eigenvalue weighted by Gasteiger charge is -2.40. The number of ether oxygens (including phenoxy) is 2. The molecule has 0 radical (unpaired) electrons. The summed E-state index contributed by atoms with van der Waals surface area (Å²) in [6.45, 7) is 3.67. The minimum absolute atomic E-state index is 0.193. The van der Waals surface area contributed by atoms with Crippen molar-refractivity contribution in [2.24, 2.45) is 0 Å². The number of carbonyl (C=O) groups is 1. The molecular formula is C71H127NO8. The van der Waals surface area contributed by atoms with Crippen LogP contribution in [0, 0.1) is 0 Å². The van der Waals surface area contributed by atoms with E-state index in [9.17, 15) is 30.3 Å². The summed E-state index contributed by atoms with van der Waals surface area (Å²) in [5.41, 5.74) is 0. The summed E-state index contributed by atoms with van der Waals surface area (Å²) in [5.74, 6) is -0.193. The van der Waals surface area contributed by atoms with Gasteiger partial charge in [-0.25, -0.2) is 0 Å². The van der Waals surface area contributed by atoms with Crippen molar-refractivity contribution in [1.29, 1.82) is 0 Å². The molecule has 9 heteroatoms. The maximum absolute atomic E-state index is 13.1. The molecule has 0 aromatic rings. The molecule has 6 N–H and O–H groups in total. The Bertz CT molecular complexity index is 1540. The van der Waals surface area contributed by atoms with Crippen LogP contribution in [0.2, 0.25) is 0 Å². The number of hydrogen-bond donors (Lipinski definition) is 6. The second-order valence-corrected chi connectivity index (χ2v) is 23.2. The van der Waals surface area contributed by atoms with Gasteiger partial charge in [0.1, 0.15) is 24.4 Å². The van der Waals surface area contributed by atoms with Gasteiger partial charge >= 0.3 is 0 Å². The van der Waals surface area contributed by atoms with Gasteiger partial charge in [-0.2, -0.15) is 0 Å². The zero-order valence-corrected chi connectivity index (χ0v) is 51.8. The van der Waals surface area contributed by atoms with Gasteiger partial charge in [0.2, 0.25) is 5.91 Å². The molecule has 1 aliphatic rings. The average molecular weight is 1120 g/mol. The highest BCUT2D eigenvalue weighted by atomic mass is 16.7. The molecule has 0 aromatic carbocycles. The van der Waals surface area contributed by atoms with Crippen molar-refractivity contribution in [2.45, 2.75) is 346 Å². The lowest BCUT2D eigenvalue weighted by molar-refractivity contribution is -0.302. The minimum Gasteiger partial charge on any atom is -0.394 e.